The highest BCUT2D eigenvalue weighted by molar-refractivity contribution is 7.93. The molecule has 2 saturated heterocycles. The Morgan fingerprint density at radius 2 is 1.90 bits per heavy atom. The number of fused-ring (bicyclic) bond motifs is 1. The van der Waals surface area contributed by atoms with Crippen molar-refractivity contribution >= 4 is 49.7 Å². The second-order valence-corrected chi connectivity index (χ2v) is 14.2. The quantitative estimate of drug-likeness (QED) is 0.360. The second kappa shape index (κ2) is 11.1. The molecule has 0 radical (unpaired) electrons. The molecule has 1 saturated carbocycles. The van der Waals surface area contributed by atoms with Crippen LogP contribution in [-0.4, -0.2) is 79.7 Å². The smallest absolute Gasteiger partial charge is 0.274 e. The van der Waals surface area contributed by atoms with E-state index in [4.69, 9.17) is 9.72 Å². The van der Waals surface area contributed by atoms with Gasteiger partial charge >= 0.3 is 0 Å². The first-order chi connectivity index (χ1) is 20.1. The number of sulfonamides is 1. The van der Waals surface area contributed by atoms with E-state index in [0.29, 0.717) is 42.2 Å². The van der Waals surface area contributed by atoms with Gasteiger partial charge in [-0.3, -0.25) is 9.52 Å². The minimum Gasteiger partial charge on any atom is -0.395 e. The largest absolute Gasteiger partial charge is 0.395 e. The number of benzene rings is 1. The number of pyridine rings is 1. The maximum atomic E-state index is 13.8. The lowest BCUT2D eigenvalue weighted by Crippen LogP contribution is -2.42. The van der Waals surface area contributed by atoms with E-state index in [-0.39, 0.29) is 12.0 Å². The molecule has 2 atom stereocenters. The molecule has 3 fully saturated rings. The van der Waals surface area contributed by atoms with Gasteiger partial charge < -0.3 is 29.5 Å². The number of aromatic nitrogens is 2. The van der Waals surface area contributed by atoms with Gasteiger partial charge in [0.25, 0.3) is 5.91 Å². The fourth-order valence-electron chi connectivity index (χ4n) is 6.06. The molecule has 226 valence electrons. The maximum absolute atomic E-state index is 13.8. The van der Waals surface area contributed by atoms with Gasteiger partial charge in [-0.2, -0.15) is 0 Å². The molecule has 1 aliphatic carbocycles. The molecular formula is C30H40N6O5S. The Kier molecular flexibility index (Phi) is 7.57. The Balaban J connectivity index is 1.32. The van der Waals surface area contributed by atoms with Crippen LogP contribution in [0.25, 0.3) is 10.9 Å². The van der Waals surface area contributed by atoms with Gasteiger partial charge in [-0.1, -0.05) is 0 Å². The first-order valence-corrected chi connectivity index (χ1v) is 16.3. The van der Waals surface area contributed by atoms with Crippen molar-refractivity contribution in [3.05, 3.63) is 42.2 Å². The van der Waals surface area contributed by atoms with Crippen LogP contribution >= 0.6 is 0 Å². The van der Waals surface area contributed by atoms with E-state index in [1.54, 1.807) is 18.2 Å². The third kappa shape index (κ3) is 5.67. The van der Waals surface area contributed by atoms with Crippen LogP contribution in [0.3, 0.4) is 0 Å². The maximum Gasteiger partial charge on any atom is 0.274 e. The highest BCUT2D eigenvalue weighted by atomic mass is 32.2. The summed E-state index contributed by atoms with van der Waals surface area (Å²) < 4.78 is 35.7. The molecule has 3 N–H and O–H groups in total. The lowest BCUT2D eigenvalue weighted by Gasteiger charge is -2.35. The summed E-state index contributed by atoms with van der Waals surface area (Å²) in [6.45, 7) is 6.65. The van der Waals surface area contributed by atoms with Gasteiger partial charge in [0.2, 0.25) is 10.0 Å². The van der Waals surface area contributed by atoms with Crippen LogP contribution in [-0.2, 0) is 21.8 Å². The Bertz CT molecular complexity index is 1590. The predicted molar refractivity (Wildman–Crippen MR) is 165 cm³/mol. The number of hydrogen-bond donors (Lipinski definition) is 3. The molecule has 2 aromatic heterocycles. The molecule has 1 aromatic carbocycles. The zero-order valence-corrected chi connectivity index (χ0v) is 25.3. The summed E-state index contributed by atoms with van der Waals surface area (Å²) in [6, 6.07) is 8.95. The van der Waals surface area contributed by atoms with Gasteiger partial charge in [-0.25, -0.2) is 13.4 Å². The van der Waals surface area contributed by atoms with Gasteiger partial charge in [-0.05, 0) is 75.3 Å². The lowest BCUT2D eigenvalue weighted by atomic mass is 9.93. The standard InChI is InChI=1S/C30H40N6O5S/c1-20-18-36(14-15-41-20)28-27-22(6-11-34(27)3)16-25(31-28)29(38)32-24-5-4-23(33-42(39,40)21(2)19-37)17-26(24)35-12-9-30(7-8-30)10-13-35/h4-6,11,16-17,20-21,33,37H,7-10,12-15,18-19H2,1-3H3,(H,32,38)/t20-,21+/m1/s1. The van der Waals surface area contributed by atoms with Crippen LogP contribution in [0.15, 0.2) is 36.5 Å². The first kappa shape index (κ1) is 28.8. The number of hydrogen-bond acceptors (Lipinski definition) is 8. The summed E-state index contributed by atoms with van der Waals surface area (Å²) in [5, 5.41) is 12.5. The number of anilines is 4. The number of aryl methyl sites for hydroxylation is 1. The van der Waals surface area contributed by atoms with Gasteiger partial charge in [0.15, 0.2) is 5.82 Å². The van der Waals surface area contributed by atoms with E-state index < -0.39 is 21.9 Å². The molecule has 0 bridgehead atoms. The normalized spacial score (nSPS) is 21.0. The van der Waals surface area contributed by atoms with Crippen molar-refractivity contribution in [2.45, 2.75) is 50.9 Å². The minimum atomic E-state index is -3.77. The molecule has 42 heavy (non-hydrogen) atoms. The number of ether oxygens (including phenoxy) is 1. The molecule has 12 heteroatoms. The van der Waals surface area contributed by atoms with Crippen molar-refractivity contribution < 1.29 is 23.1 Å². The molecule has 11 nitrogen and oxygen atoms in total. The average Bonchev–Trinajstić information content (AvgIpc) is 3.63. The number of nitrogens with one attached hydrogen (secondary N) is 2. The van der Waals surface area contributed by atoms with E-state index in [0.717, 1.165) is 48.3 Å². The van der Waals surface area contributed by atoms with Crippen LogP contribution in [0.2, 0.25) is 0 Å². The van der Waals surface area contributed by atoms with Gasteiger partial charge in [-0.15, -0.1) is 0 Å². The number of carbonyl (C=O) groups excluding carboxylic acids is 1. The number of morpholine rings is 1. The van der Waals surface area contributed by atoms with E-state index in [9.17, 15) is 18.3 Å². The van der Waals surface area contributed by atoms with Crippen LogP contribution in [0.5, 0.6) is 0 Å². The van der Waals surface area contributed by atoms with E-state index in [1.807, 2.05) is 36.9 Å². The molecule has 4 heterocycles. The molecule has 2 aliphatic heterocycles. The lowest BCUT2D eigenvalue weighted by molar-refractivity contribution is 0.0530. The second-order valence-electron chi connectivity index (χ2n) is 12.1. The molecule has 6 rings (SSSR count). The van der Waals surface area contributed by atoms with Gasteiger partial charge in [0.05, 0.1) is 41.9 Å². The monoisotopic (exact) mass is 596 g/mol. The molecule has 1 amide bonds. The number of amides is 1. The first-order valence-electron chi connectivity index (χ1n) is 14.7. The number of rotatable bonds is 8. The Morgan fingerprint density at radius 1 is 1.14 bits per heavy atom. The SMILES string of the molecule is C[C@@H]1CN(c2nc(C(=O)Nc3ccc(NS(=O)(=O)[C@@H](C)CO)cc3N3CCC4(CC3)CC4)cc3ccn(C)c23)CCO1. The van der Waals surface area contributed by atoms with Crippen molar-refractivity contribution in [1.29, 1.82) is 0 Å². The third-order valence-electron chi connectivity index (χ3n) is 9.02. The predicted octanol–water partition coefficient (Wildman–Crippen LogP) is 3.55. The summed E-state index contributed by atoms with van der Waals surface area (Å²) >= 11 is 0. The Hall–Kier alpha value is -3.35. The summed E-state index contributed by atoms with van der Waals surface area (Å²) in [7, 11) is -1.79. The van der Waals surface area contributed by atoms with Crippen molar-refractivity contribution in [3.63, 3.8) is 0 Å². The van der Waals surface area contributed by atoms with Crippen molar-refractivity contribution in [2.24, 2.45) is 12.5 Å². The number of aliphatic hydroxyl groups is 1. The summed E-state index contributed by atoms with van der Waals surface area (Å²) in [5.41, 5.74) is 3.49. The molecule has 3 aromatic rings. The van der Waals surface area contributed by atoms with Crippen molar-refractivity contribution in [1.82, 2.24) is 9.55 Å². The summed E-state index contributed by atoms with van der Waals surface area (Å²) in [5.74, 6) is 0.427. The number of nitrogens with zero attached hydrogens (tertiary/aromatic N) is 4. The topological polar surface area (TPSA) is 129 Å². The summed E-state index contributed by atoms with van der Waals surface area (Å²) in [6.07, 6.45) is 6.71. The third-order valence-corrected chi connectivity index (χ3v) is 10.8. The van der Waals surface area contributed by atoms with Crippen LogP contribution in [0.1, 0.15) is 50.0 Å². The van der Waals surface area contributed by atoms with Crippen molar-refractivity contribution in [2.75, 3.05) is 59.2 Å². The Labute approximate surface area is 246 Å². The van der Waals surface area contributed by atoms with Gasteiger partial charge in [0.1, 0.15) is 10.9 Å². The van der Waals surface area contributed by atoms with E-state index >= 15 is 0 Å². The zero-order chi connectivity index (χ0) is 29.6. The fraction of sp³-hybridized carbons (Fsp3) is 0.533. The highest BCUT2D eigenvalue weighted by Gasteiger charge is 2.44. The van der Waals surface area contributed by atoms with Crippen LogP contribution in [0, 0.1) is 5.41 Å². The highest BCUT2D eigenvalue weighted by Crippen LogP contribution is 2.54. The molecule has 3 aliphatic rings. The number of piperidine rings is 1. The fourth-order valence-corrected chi connectivity index (χ4v) is 6.91. The summed E-state index contributed by atoms with van der Waals surface area (Å²) in [4.78, 5) is 23.0. The van der Waals surface area contributed by atoms with Crippen LogP contribution < -0.4 is 19.8 Å². The van der Waals surface area contributed by atoms with E-state index in [2.05, 4.69) is 19.8 Å². The minimum absolute atomic E-state index is 0.0616. The molecule has 0 unspecified atom stereocenters. The Morgan fingerprint density at radius 3 is 2.60 bits per heavy atom. The van der Waals surface area contributed by atoms with Crippen LogP contribution in [0.4, 0.5) is 22.9 Å². The average molecular weight is 597 g/mol. The number of carbonyl (C=O) groups is 1. The zero-order valence-electron chi connectivity index (χ0n) is 24.5. The molecule has 1 spiro atoms. The van der Waals surface area contributed by atoms with Gasteiger partial charge in [0, 0.05) is 44.8 Å². The van der Waals surface area contributed by atoms with E-state index in [1.165, 1.54) is 19.8 Å². The van der Waals surface area contributed by atoms with Crippen molar-refractivity contribution in [3.8, 4) is 0 Å². The molecular weight excluding hydrogens is 556 g/mol. The number of aliphatic hydroxyl groups excluding tert-OH is 1.